The van der Waals surface area contributed by atoms with Gasteiger partial charge in [0.1, 0.15) is 11.5 Å². The van der Waals surface area contributed by atoms with Crippen LogP contribution in [0.3, 0.4) is 0 Å². The van der Waals surface area contributed by atoms with E-state index in [4.69, 9.17) is 9.47 Å². The smallest absolute Gasteiger partial charge is 0.257 e. The molecular formula is C24H31N3O6S. The van der Waals surface area contributed by atoms with Crippen LogP contribution >= 0.6 is 0 Å². The Morgan fingerprint density at radius 1 is 0.941 bits per heavy atom. The molecule has 0 bridgehead atoms. The maximum Gasteiger partial charge on any atom is 0.257 e. The highest BCUT2D eigenvalue weighted by Gasteiger charge is 2.27. The molecule has 3 rings (SSSR count). The summed E-state index contributed by atoms with van der Waals surface area (Å²) in [6.45, 7) is 5.20. The van der Waals surface area contributed by atoms with Gasteiger partial charge in [0.2, 0.25) is 10.0 Å². The van der Waals surface area contributed by atoms with Crippen molar-refractivity contribution in [3.8, 4) is 11.5 Å². The third kappa shape index (κ3) is 5.68. The Kier molecular flexibility index (Phi) is 8.16. The van der Waals surface area contributed by atoms with Crippen LogP contribution in [0.1, 0.15) is 41.0 Å². The highest BCUT2D eigenvalue weighted by Crippen LogP contribution is 2.26. The molecule has 1 fully saturated rings. The number of nitrogens with one attached hydrogen (secondary N) is 1. The first-order valence-corrected chi connectivity index (χ1v) is 12.6. The summed E-state index contributed by atoms with van der Waals surface area (Å²) in [6.07, 6.45) is 0.676. The number of nitrogens with zero attached hydrogens (tertiary/aromatic N) is 2. The van der Waals surface area contributed by atoms with E-state index in [0.29, 0.717) is 55.2 Å². The van der Waals surface area contributed by atoms with Crippen LogP contribution in [-0.2, 0) is 10.0 Å². The first-order valence-electron chi connectivity index (χ1n) is 11.1. The molecule has 2 aromatic rings. The number of ether oxygens (including phenoxy) is 2. The zero-order valence-electron chi connectivity index (χ0n) is 19.9. The van der Waals surface area contributed by atoms with Crippen molar-refractivity contribution < 1.29 is 27.5 Å². The van der Waals surface area contributed by atoms with Gasteiger partial charge in [-0.1, -0.05) is 6.92 Å². The van der Waals surface area contributed by atoms with Gasteiger partial charge in [-0.05, 0) is 49.7 Å². The lowest BCUT2D eigenvalue weighted by molar-refractivity contribution is 0.0533. The van der Waals surface area contributed by atoms with Crippen molar-refractivity contribution in [3.63, 3.8) is 0 Å². The average Bonchev–Trinajstić information content (AvgIpc) is 2.87. The largest absolute Gasteiger partial charge is 0.497 e. The van der Waals surface area contributed by atoms with Crippen molar-refractivity contribution in [2.45, 2.75) is 31.2 Å². The minimum absolute atomic E-state index is 0.119. The quantitative estimate of drug-likeness (QED) is 0.611. The molecule has 9 nitrogen and oxygen atoms in total. The Hall–Kier alpha value is -3.11. The Labute approximate surface area is 200 Å². The molecule has 1 unspecified atom stereocenters. The van der Waals surface area contributed by atoms with Crippen molar-refractivity contribution in [1.82, 2.24) is 14.5 Å². The van der Waals surface area contributed by atoms with E-state index in [2.05, 4.69) is 4.72 Å². The number of rotatable bonds is 8. The maximum atomic E-state index is 13.0. The zero-order valence-corrected chi connectivity index (χ0v) is 20.7. The number of sulfonamides is 1. The summed E-state index contributed by atoms with van der Waals surface area (Å²) in [4.78, 5) is 29.4. The second-order valence-corrected chi connectivity index (χ2v) is 9.82. The molecular weight excluding hydrogens is 458 g/mol. The molecule has 0 aromatic heterocycles. The molecule has 1 aliphatic heterocycles. The number of piperazine rings is 1. The molecule has 0 aliphatic carbocycles. The fourth-order valence-electron chi connectivity index (χ4n) is 3.63. The third-order valence-electron chi connectivity index (χ3n) is 5.87. The topological polar surface area (TPSA) is 105 Å². The molecule has 1 aliphatic rings. The van der Waals surface area contributed by atoms with Crippen LogP contribution in [0.15, 0.2) is 47.4 Å². The molecule has 184 valence electrons. The highest BCUT2D eigenvalue weighted by atomic mass is 32.2. The summed E-state index contributed by atoms with van der Waals surface area (Å²) >= 11 is 0. The predicted molar refractivity (Wildman–Crippen MR) is 128 cm³/mol. The molecule has 1 heterocycles. The fraction of sp³-hybridized carbons (Fsp3) is 0.417. The van der Waals surface area contributed by atoms with Crippen molar-refractivity contribution in [2.75, 3.05) is 40.4 Å². The predicted octanol–water partition coefficient (Wildman–Crippen LogP) is 2.38. The Bertz CT molecular complexity index is 1130. The second kappa shape index (κ2) is 10.9. The molecule has 1 N–H and O–H groups in total. The summed E-state index contributed by atoms with van der Waals surface area (Å²) < 4.78 is 38.0. The SMILES string of the molecule is CCC(C)NS(=O)(=O)c1ccc(C(=O)N2CCN(C(=O)c3ccc(OC)cc3OC)CC2)cc1. The first-order chi connectivity index (χ1) is 16.2. The summed E-state index contributed by atoms with van der Waals surface area (Å²) in [6, 6.07) is 10.8. The van der Waals surface area contributed by atoms with Gasteiger partial charge in [0.15, 0.2) is 0 Å². The summed E-state index contributed by atoms with van der Waals surface area (Å²) in [5, 5.41) is 0. The first kappa shape index (κ1) is 25.5. The van der Waals surface area contributed by atoms with Crippen LogP contribution < -0.4 is 14.2 Å². The van der Waals surface area contributed by atoms with Crippen molar-refractivity contribution >= 4 is 21.8 Å². The molecule has 2 aromatic carbocycles. The van der Waals surface area contributed by atoms with E-state index in [0.717, 1.165) is 0 Å². The lowest BCUT2D eigenvalue weighted by atomic mass is 10.1. The second-order valence-electron chi connectivity index (χ2n) is 8.11. The van der Waals surface area contributed by atoms with E-state index in [1.165, 1.54) is 31.4 Å². The lowest BCUT2D eigenvalue weighted by Crippen LogP contribution is -2.50. The van der Waals surface area contributed by atoms with Gasteiger partial charge >= 0.3 is 0 Å². The Morgan fingerprint density at radius 2 is 1.53 bits per heavy atom. The number of hydrogen-bond acceptors (Lipinski definition) is 6. The van der Waals surface area contributed by atoms with Gasteiger partial charge in [-0.2, -0.15) is 0 Å². The number of hydrogen-bond donors (Lipinski definition) is 1. The number of carbonyl (C=O) groups excluding carboxylic acids is 2. The van der Waals surface area contributed by atoms with Gasteiger partial charge in [0.25, 0.3) is 11.8 Å². The number of carbonyl (C=O) groups is 2. The molecule has 2 amide bonds. The van der Waals surface area contributed by atoms with E-state index in [1.54, 1.807) is 42.0 Å². The zero-order chi connectivity index (χ0) is 24.9. The van der Waals surface area contributed by atoms with Crippen molar-refractivity contribution in [1.29, 1.82) is 0 Å². The Morgan fingerprint density at radius 3 is 2.06 bits per heavy atom. The van der Waals surface area contributed by atoms with Crippen LogP contribution in [0.4, 0.5) is 0 Å². The number of methoxy groups -OCH3 is 2. The van der Waals surface area contributed by atoms with Gasteiger partial charge in [-0.15, -0.1) is 0 Å². The molecule has 0 spiro atoms. The van der Waals surface area contributed by atoms with E-state index >= 15 is 0 Å². The molecule has 1 saturated heterocycles. The molecule has 0 saturated carbocycles. The van der Waals surface area contributed by atoms with Crippen LogP contribution in [0.5, 0.6) is 11.5 Å². The van der Waals surface area contributed by atoms with E-state index in [1.807, 2.05) is 6.92 Å². The fourth-order valence-corrected chi connectivity index (χ4v) is 4.96. The van der Waals surface area contributed by atoms with E-state index in [-0.39, 0.29) is 22.8 Å². The van der Waals surface area contributed by atoms with Crippen LogP contribution in [0, 0.1) is 0 Å². The van der Waals surface area contributed by atoms with Crippen molar-refractivity contribution in [2.24, 2.45) is 0 Å². The highest BCUT2D eigenvalue weighted by molar-refractivity contribution is 7.89. The van der Waals surface area contributed by atoms with Gasteiger partial charge in [-0.3, -0.25) is 9.59 Å². The summed E-state index contributed by atoms with van der Waals surface area (Å²) in [7, 11) is -0.586. The Balaban J connectivity index is 1.63. The number of amides is 2. The number of benzene rings is 2. The molecule has 34 heavy (non-hydrogen) atoms. The van der Waals surface area contributed by atoms with E-state index < -0.39 is 10.0 Å². The van der Waals surface area contributed by atoms with Gasteiger partial charge in [0, 0.05) is 43.9 Å². The van der Waals surface area contributed by atoms with Gasteiger partial charge in [0.05, 0.1) is 24.7 Å². The van der Waals surface area contributed by atoms with Crippen LogP contribution in [0.25, 0.3) is 0 Å². The summed E-state index contributed by atoms with van der Waals surface area (Å²) in [5.41, 5.74) is 0.838. The molecule has 1 atom stereocenters. The normalized spacial score (nSPS) is 15.1. The van der Waals surface area contributed by atoms with E-state index in [9.17, 15) is 18.0 Å². The van der Waals surface area contributed by atoms with Crippen molar-refractivity contribution in [3.05, 3.63) is 53.6 Å². The monoisotopic (exact) mass is 489 g/mol. The lowest BCUT2D eigenvalue weighted by Gasteiger charge is -2.35. The minimum atomic E-state index is -3.63. The molecule has 0 radical (unpaired) electrons. The van der Waals surface area contributed by atoms with Gasteiger partial charge in [-0.25, -0.2) is 13.1 Å². The summed E-state index contributed by atoms with van der Waals surface area (Å²) in [5.74, 6) is 0.655. The van der Waals surface area contributed by atoms with Gasteiger partial charge < -0.3 is 19.3 Å². The third-order valence-corrected chi connectivity index (χ3v) is 7.48. The standard InChI is InChI=1S/C24H31N3O6S/c1-5-17(2)25-34(30,31)20-9-6-18(7-10-20)23(28)26-12-14-27(15-13-26)24(29)21-11-8-19(32-3)16-22(21)33-4/h6-11,16-17,25H,5,12-15H2,1-4H3. The van der Waals surface area contributed by atoms with Crippen LogP contribution in [-0.4, -0.2) is 76.5 Å². The maximum absolute atomic E-state index is 13.0. The molecule has 10 heteroatoms. The van der Waals surface area contributed by atoms with Crippen LogP contribution in [0.2, 0.25) is 0 Å². The minimum Gasteiger partial charge on any atom is -0.497 e. The average molecular weight is 490 g/mol.